The van der Waals surface area contributed by atoms with E-state index < -0.39 is 0 Å². The van der Waals surface area contributed by atoms with Crippen molar-refractivity contribution in [2.75, 3.05) is 6.54 Å². The van der Waals surface area contributed by atoms with Gasteiger partial charge in [-0.3, -0.25) is 9.69 Å². The van der Waals surface area contributed by atoms with Crippen molar-refractivity contribution in [3.05, 3.63) is 45.5 Å². The molecule has 0 bridgehead atoms. The largest absolute Gasteiger partial charge is 0.319 e. The molecule has 0 saturated carbocycles. The number of likely N-dealkylation sites (tertiary alicyclic amines) is 1. The van der Waals surface area contributed by atoms with Crippen LogP contribution in [-0.4, -0.2) is 22.5 Å². The number of pyridine rings is 1. The fraction of sp³-hybridized carbons (Fsp3) is 0.438. The lowest BCUT2D eigenvalue weighted by atomic mass is 10.0. The number of aryl methyl sites for hydroxylation is 1. The molecule has 0 radical (unpaired) electrons. The number of H-pyrrole nitrogens is 1. The number of hydrogen-bond acceptors (Lipinski definition) is 2. The Kier molecular flexibility index (Phi) is 3.34. The molecular weight excluding hydrogens is 255 g/mol. The third-order valence-electron chi connectivity index (χ3n) is 4.33. The number of nitrogens with zero attached hydrogens (tertiary/aromatic N) is 1. The van der Waals surface area contributed by atoms with Crippen molar-refractivity contribution in [1.29, 1.82) is 0 Å². The summed E-state index contributed by atoms with van der Waals surface area (Å²) in [6, 6.07) is 6.03. The lowest BCUT2D eigenvalue weighted by Crippen LogP contribution is -2.44. The third-order valence-corrected chi connectivity index (χ3v) is 4.33. The van der Waals surface area contributed by atoms with E-state index in [2.05, 4.69) is 16.8 Å². The van der Waals surface area contributed by atoms with Gasteiger partial charge in [0.05, 0.1) is 5.52 Å². The third kappa shape index (κ3) is 2.14. The second-order valence-corrected chi connectivity index (χ2v) is 5.59. The molecule has 1 fully saturated rings. The van der Waals surface area contributed by atoms with E-state index in [1.165, 1.54) is 6.42 Å². The number of fused-ring (bicyclic) bond motifs is 1. The van der Waals surface area contributed by atoms with E-state index in [1.807, 2.05) is 19.1 Å². The summed E-state index contributed by atoms with van der Waals surface area (Å²) in [7, 11) is 0. The highest BCUT2D eigenvalue weighted by Crippen LogP contribution is 2.24. The van der Waals surface area contributed by atoms with Crippen molar-refractivity contribution in [3.8, 4) is 0 Å². The van der Waals surface area contributed by atoms with Crippen LogP contribution in [-0.2, 0) is 13.0 Å². The topological polar surface area (TPSA) is 36.1 Å². The van der Waals surface area contributed by atoms with Crippen molar-refractivity contribution in [3.63, 3.8) is 0 Å². The van der Waals surface area contributed by atoms with Crippen LogP contribution >= 0.6 is 0 Å². The Hall–Kier alpha value is -1.68. The van der Waals surface area contributed by atoms with E-state index in [4.69, 9.17) is 0 Å². The van der Waals surface area contributed by atoms with Crippen LogP contribution in [0.3, 0.4) is 0 Å². The Bertz CT molecular complexity index is 707. The number of rotatable bonds is 3. The first-order valence-corrected chi connectivity index (χ1v) is 7.17. The number of aromatic amines is 1. The molecule has 4 heteroatoms. The number of hydrogen-bond donors (Lipinski definition) is 1. The molecule has 1 saturated heterocycles. The summed E-state index contributed by atoms with van der Waals surface area (Å²) in [6.45, 7) is 5.70. The van der Waals surface area contributed by atoms with Gasteiger partial charge in [-0.25, -0.2) is 4.39 Å². The van der Waals surface area contributed by atoms with Gasteiger partial charge in [-0.05, 0) is 25.8 Å². The van der Waals surface area contributed by atoms with Crippen molar-refractivity contribution >= 4 is 10.9 Å². The monoisotopic (exact) mass is 274 g/mol. The van der Waals surface area contributed by atoms with Crippen LogP contribution in [0.1, 0.15) is 31.4 Å². The maximum absolute atomic E-state index is 14.5. The Labute approximate surface area is 117 Å². The molecule has 2 aromatic rings. The van der Waals surface area contributed by atoms with Crippen LogP contribution in [0.2, 0.25) is 0 Å². The summed E-state index contributed by atoms with van der Waals surface area (Å²) in [4.78, 5) is 16.8. The van der Waals surface area contributed by atoms with Gasteiger partial charge in [-0.2, -0.15) is 0 Å². The number of aromatic nitrogens is 1. The van der Waals surface area contributed by atoms with E-state index in [-0.39, 0.29) is 11.4 Å². The van der Waals surface area contributed by atoms with Gasteiger partial charge >= 0.3 is 0 Å². The van der Waals surface area contributed by atoms with Crippen molar-refractivity contribution in [1.82, 2.24) is 9.88 Å². The van der Waals surface area contributed by atoms with E-state index >= 15 is 0 Å². The molecule has 20 heavy (non-hydrogen) atoms. The summed E-state index contributed by atoms with van der Waals surface area (Å²) < 4.78 is 14.5. The van der Waals surface area contributed by atoms with Crippen LogP contribution in [0.25, 0.3) is 10.9 Å². The molecule has 3 nitrogen and oxygen atoms in total. The minimum absolute atomic E-state index is 0.187. The highest BCUT2D eigenvalue weighted by atomic mass is 19.1. The van der Waals surface area contributed by atoms with Crippen LogP contribution in [0, 0.1) is 5.82 Å². The molecule has 0 amide bonds. The summed E-state index contributed by atoms with van der Waals surface area (Å²) in [5.41, 5.74) is 1.50. The van der Waals surface area contributed by atoms with Crippen LogP contribution in [0.5, 0.6) is 0 Å². The molecule has 0 spiro atoms. The predicted molar refractivity (Wildman–Crippen MR) is 78.4 cm³/mol. The maximum atomic E-state index is 14.5. The predicted octanol–water partition coefficient (Wildman–Crippen LogP) is 2.82. The Balaban J connectivity index is 2.03. The summed E-state index contributed by atoms with van der Waals surface area (Å²) >= 11 is 0. The zero-order chi connectivity index (χ0) is 14.3. The fourth-order valence-corrected chi connectivity index (χ4v) is 2.74. The second kappa shape index (κ2) is 5.02. The van der Waals surface area contributed by atoms with E-state index in [0.717, 1.165) is 11.9 Å². The lowest BCUT2D eigenvalue weighted by Gasteiger charge is -2.38. The fourth-order valence-electron chi connectivity index (χ4n) is 2.74. The second-order valence-electron chi connectivity index (χ2n) is 5.59. The molecule has 1 aromatic carbocycles. The summed E-state index contributed by atoms with van der Waals surface area (Å²) in [5.74, 6) is -0.290. The van der Waals surface area contributed by atoms with E-state index in [0.29, 0.717) is 35.7 Å². The molecule has 1 atom stereocenters. The normalized spacial score (nSPS) is 19.2. The molecule has 106 valence electrons. The molecule has 1 aromatic heterocycles. The van der Waals surface area contributed by atoms with E-state index in [1.54, 1.807) is 6.07 Å². The van der Waals surface area contributed by atoms with Crippen LogP contribution in [0.15, 0.2) is 23.0 Å². The lowest BCUT2D eigenvalue weighted by molar-refractivity contribution is 0.0946. The number of halogens is 1. The van der Waals surface area contributed by atoms with Crippen molar-refractivity contribution in [2.45, 2.75) is 39.3 Å². The first kappa shape index (κ1) is 13.3. The van der Waals surface area contributed by atoms with Gasteiger partial charge in [0.2, 0.25) is 0 Å². The minimum Gasteiger partial charge on any atom is -0.319 e. The quantitative estimate of drug-likeness (QED) is 0.934. The smallest absolute Gasteiger partial charge is 0.251 e. The molecule has 1 aliphatic heterocycles. The van der Waals surface area contributed by atoms with Crippen LogP contribution in [0.4, 0.5) is 4.39 Å². The standard InChI is InChI=1S/C16H19FN2O/c1-3-11-8-12-4-5-13(9-19-7-6-10(19)2)14(17)15(12)18-16(11)20/h4-5,8,10H,3,6-7,9H2,1-2H3,(H,18,20)/t10-/m1/s1. The highest BCUT2D eigenvalue weighted by Gasteiger charge is 2.24. The van der Waals surface area contributed by atoms with Gasteiger partial charge in [-0.15, -0.1) is 0 Å². The van der Waals surface area contributed by atoms with Gasteiger partial charge in [-0.1, -0.05) is 19.1 Å². The average Bonchev–Trinajstić information content (AvgIpc) is 2.45. The number of benzene rings is 1. The molecule has 0 unspecified atom stereocenters. The number of nitrogens with one attached hydrogen (secondary N) is 1. The summed E-state index contributed by atoms with van der Waals surface area (Å²) in [6.07, 6.45) is 1.83. The molecular formula is C16H19FN2O. The first-order valence-electron chi connectivity index (χ1n) is 7.17. The van der Waals surface area contributed by atoms with Gasteiger partial charge in [0.25, 0.3) is 5.56 Å². The summed E-state index contributed by atoms with van der Waals surface area (Å²) in [5, 5.41) is 0.763. The molecule has 2 heterocycles. The molecule has 3 rings (SSSR count). The van der Waals surface area contributed by atoms with Gasteiger partial charge in [0.1, 0.15) is 0 Å². The Morgan fingerprint density at radius 2 is 2.20 bits per heavy atom. The highest BCUT2D eigenvalue weighted by molar-refractivity contribution is 5.80. The molecule has 1 N–H and O–H groups in total. The zero-order valence-corrected chi connectivity index (χ0v) is 11.9. The average molecular weight is 274 g/mol. The Morgan fingerprint density at radius 3 is 2.80 bits per heavy atom. The van der Waals surface area contributed by atoms with Crippen molar-refractivity contribution in [2.24, 2.45) is 0 Å². The minimum atomic E-state index is -0.290. The zero-order valence-electron chi connectivity index (χ0n) is 11.9. The van der Waals surface area contributed by atoms with Gasteiger partial charge in [0, 0.05) is 35.6 Å². The maximum Gasteiger partial charge on any atom is 0.251 e. The van der Waals surface area contributed by atoms with Crippen LogP contribution < -0.4 is 5.56 Å². The Morgan fingerprint density at radius 1 is 1.40 bits per heavy atom. The van der Waals surface area contributed by atoms with Crippen molar-refractivity contribution < 1.29 is 4.39 Å². The van der Waals surface area contributed by atoms with Gasteiger partial charge in [0.15, 0.2) is 5.82 Å². The van der Waals surface area contributed by atoms with E-state index in [9.17, 15) is 9.18 Å². The SMILES string of the molecule is CCc1cc2ccc(CN3CC[C@H]3C)c(F)c2[nH]c1=O. The molecule has 1 aliphatic rings. The first-order chi connectivity index (χ1) is 9.60. The van der Waals surface area contributed by atoms with Gasteiger partial charge < -0.3 is 4.98 Å². The molecule has 0 aliphatic carbocycles.